The first kappa shape index (κ1) is 16.1. The van der Waals surface area contributed by atoms with Gasteiger partial charge in [-0.1, -0.05) is 43.3 Å². The number of para-hydroxylation sites is 1. The largest absolute Gasteiger partial charge is 0.493 e. The molecule has 0 heterocycles. The zero-order valence-electron chi connectivity index (χ0n) is 13.4. The van der Waals surface area contributed by atoms with Gasteiger partial charge in [-0.05, 0) is 43.5 Å². The van der Waals surface area contributed by atoms with E-state index in [0.29, 0.717) is 17.9 Å². The van der Waals surface area contributed by atoms with Gasteiger partial charge in [0.25, 0.3) is 5.91 Å². The van der Waals surface area contributed by atoms with Crippen LogP contribution >= 0.6 is 0 Å². The highest BCUT2D eigenvalue weighted by Gasteiger charge is 2.15. The van der Waals surface area contributed by atoms with Gasteiger partial charge in [0.15, 0.2) is 0 Å². The Kier molecular flexibility index (Phi) is 5.59. The van der Waals surface area contributed by atoms with Crippen LogP contribution in [0, 0.1) is 0 Å². The number of carbonyl (C=O) groups is 1. The maximum Gasteiger partial charge on any atom is 0.255 e. The van der Waals surface area contributed by atoms with Crippen LogP contribution in [0.1, 0.15) is 48.3 Å². The van der Waals surface area contributed by atoms with Gasteiger partial charge in [-0.25, -0.2) is 0 Å². The van der Waals surface area contributed by atoms with Gasteiger partial charge < -0.3 is 10.1 Å². The molecule has 2 aromatic rings. The number of amides is 1. The van der Waals surface area contributed by atoms with Gasteiger partial charge >= 0.3 is 0 Å². The lowest BCUT2D eigenvalue weighted by atomic mass is 10.0. The van der Waals surface area contributed by atoms with Crippen LogP contribution in [0.2, 0.25) is 0 Å². The topological polar surface area (TPSA) is 38.3 Å². The van der Waals surface area contributed by atoms with Crippen LogP contribution in [0.15, 0.2) is 48.5 Å². The molecular weight excluding hydrogens is 274 g/mol. The van der Waals surface area contributed by atoms with Crippen molar-refractivity contribution in [3.63, 3.8) is 0 Å². The van der Waals surface area contributed by atoms with Gasteiger partial charge in [-0.15, -0.1) is 0 Å². The molecule has 0 radical (unpaired) electrons. The second kappa shape index (κ2) is 7.64. The maximum absolute atomic E-state index is 12.5. The van der Waals surface area contributed by atoms with E-state index >= 15 is 0 Å². The third kappa shape index (κ3) is 3.88. The van der Waals surface area contributed by atoms with Crippen molar-refractivity contribution < 1.29 is 9.53 Å². The average molecular weight is 297 g/mol. The molecule has 1 amide bonds. The number of benzene rings is 2. The Labute approximate surface area is 132 Å². The standard InChI is InChI=1S/C19H23NO2/c1-4-15-10-12-16(13-11-15)14(3)20-19(21)17-8-6-7-9-18(17)22-5-2/h6-14H,4-5H2,1-3H3,(H,20,21). The molecule has 116 valence electrons. The van der Waals surface area contributed by atoms with Gasteiger partial charge in [-0.3, -0.25) is 4.79 Å². The van der Waals surface area contributed by atoms with Crippen LogP contribution in [0.5, 0.6) is 5.75 Å². The number of rotatable bonds is 6. The van der Waals surface area contributed by atoms with Crippen molar-refractivity contribution in [2.75, 3.05) is 6.61 Å². The highest BCUT2D eigenvalue weighted by atomic mass is 16.5. The lowest BCUT2D eigenvalue weighted by molar-refractivity contribution is 0.0936. The van der Waals surface area contributed by atoms with Crippen molar-refractivity contribution in [1.29, 1.82) is 0 Å². The first-order valence-corrected chi connectivity index (χ1v) is 7.77. The molecule has 1 unspecified atom stereocenters. The fourth-order valence-corrected chi connectivity index (χ4v) is 2.34. The summed E-state index contributed by atoms with van der Waals surface area (Å²) in [6.45, 7) is 6.57. The highest BCUT2D eigenvalue weighted by molar-refractivity contribution is 5.97. The van der Waals surface area contributed by atoms with Crippen molar-refractivity contribution in [3.05, 3.63) is 65.2 Å². The second-order valence-electron chi connectivity index (χ2n) is 5.22. The van der Waals surface area contributed by atoms with Crippen LogP contribution in [-0.2, 0) is 6.42 Å². The minimum atomic E-state index is -0.115. The van der Waals surface area contributed by atoms with E-state index in [1.165, 1.54) is 5.56 Å². The molecule has 0 fully saturated rings. The second-order valence-corrected chi connectivity index (χ2v) is 5.22. The van der Waals surface area contributed by atoms with E-state index in [0.717, 1.165) is 12.0 Å². The molecule has 1 atom stereocenters. The number of carbonyl (C=O) groups excluding carboxylic acids is 1. The van der Waals surface area contributed by atoms with Crippen LogP contribution in [0.25, 0.3) is 0 Å². The summed E-state index contributed by atoms with van der Waals surface area (Å²) in [5.41, 5.74) is 2.96. The average Bonchev–Trinajstić information content (AvgIpc) is 2.55. The summed E-state index contributed by atoms with van der Waals surface area (Å²) < 4.78 is 5.51. The zero-order valence-corrected chi connectivity index (χ0v) is 13.4. The molecule has 0 bridgehead atoms. The number of hydrogen-bond donors (Lipinski definition) is 1. The molecule has 1 N–H and O–H groups in total. The van der Waals surface area contributed by atoms with Crippen molar-refractivity contribution in [2.45, 2.75) is 33.2 Å². The van der Waals surface area contributed by atoms with Crippen LogP contribution in [0.4, 0.5) is 0 Å². The SMILES string of the molecule is CCOc1ccccc1C(=O)NC(C)c1ccc(CC)cc1. The summed E-state index contributed by atoms with van der Waals surface area (Å²) in [6.07, 6.45) is 1.02. The molecule has 22 heavy (non-hydrogen) atoms. The maximum atomic E-state index is 12.5. The molecular formula is C19H23NO2. The summed E-state index contributed by atoms with van der Waals surface area (Å²) in [4.78, 5) is 12.5. The Morgan fingerprint density at radius 3 is 2.41 bits per heavy atom. The van der Waals surface area contributed by atoms with Crippen molar-refractivity contribution in [3.8, 4) is 5.75 Å². The molecule has 0 aliphatic heterocycles. The van der Waals surface area contributed by atoms with Crippen LogP contribution < -0.4 is 10.1 Å². The first-order chi connectivity index (χ1) is 10.7. The molecule has 0 aromatic heterocycles. The van der Waals surface area contributed by atoms with Gasteiger partial charge in [0.2, 0.25) is 0 Å². The third-order valence-electron chi connectivity index (χ3n) is 3.67. The molecule has 0 aliphatic rings. The molecule has 2 rings (SSSR count). The van der Waals surface area contributed by atoms with Gasteiger partial charge in [0.05, 0.1) is 18.2 Å². The van der Waals surface area contributed by atoms with E-state index in [4.69, 9.17) is 4.74 Å². The zero-order chi connectivity index (χ0) is 15.9. The fourth-order valence-electron chi connectivity index (χ4n) is 2.34. The summed E-state index contributed by atoms with van der Waals surface area (Å²) in [5, 5.41) is 3.03. The predicted octanol–water partition coefficient (Wildman–Crippen LogP) is 4.14. The number of nitrogens with one attached hydrogen (secondary N) is 1. The third-order valence-corrected chi connectivity index (χ3v) is 3.67. The predicted molar refractivity (Wildman–Crippen MR) is 89.3 cm³/mol. The quantitative estimate of drug-likeness (QED) is 0.870. The molecule has 2 aromatic carbocycles. The van der Waals surface area contributed by atoms with E-state index in [2.05, 4.69) is 36.5 Å². The minimum absolute atomic E-state index is 0.0481. The van der Waals surface area contributed by atoms with Gasteiger partial charge in [-0.2, -0.15) is 0 Å². The minimum Gasteiger partial charge on any atom is -0.493 e. The summed E-state index contributed by atoms with van der Waals surface area (Å²) in [6, 6.07) is 15.6. The lowest BCUT2D eigenvalue weighted by Gasteiger charge is -2.16. The number of ether oxygens (including phenoxy) is 1. The van der Waals surface area contributed by atoms with Gasteiger partial charge in [0, 0.05) is 0 Å². The molecule has 0 saturated carbocycles. The molecule has 0 spiro atoms. The van der Waals surface area contributed by atoms with E-state index in [-0.39, 0.29) is 11.9 Å². The Hall–Kier alpha value is -2.29. The summed E-state index contributed by atoms with van der Waals surface area (Å²) in [5.74, 6) is 0.507. The summed E-state index contributed by atoms with van der Waals surface area (Å²) in [7, 11) is 0. The van der Waals surface area contributed by atoms with Crippen molar-refractivity contribution >= 4 is 5.91 Å². The van der Waals surface area contributed by atoms with Gasteiger partial charge in [0.1, 0.15) is 5.75 Å². The van der Waals surface area contributed by atoms with Crippen LogP contribution in [-0.4, -0.2) is 12.5 Å². The van der Waals surface area contributed by atoms with Crippen molar-refractivity contribution in [1.82, 2.24) is 5.32 Å². The Bertz CT molecular complexity index is 620. The summed E-state index contributed by atoms with van der Waals surface area (Å²) >= 11 is 0. The van der Waals surface area contributed by atoms with Crippen LogP contribution in [0.3, 0.4) is 0 Å². The van der Waals surface area contributed by atoms with E-state index in [1.54, 1.807) is 6.07 Å². The van der Waals surface area contributed by atoms with E-state index < -0.39 is 0 Å². The lowest BCUT2D eigenvalue weighted by Crippen LogP contribution is -2.27. The molecule has 0 aliphatic carbocycles. The van der Waals surface area contributed by atoms with Crippen molar-refractivity contribution in [2.24, 2.45) is 0 Å². The van der Waals surface area contributed by atoms with E-state index in [1.807, 2.05) is 32.0 Å². The Morgan fingerprint density at radius 2 is 1.77 bits per heavy atom. The Morgan fingerprint density at radius 1 is 1.09 bits per heavy atom. The highest BCUT2D eigenvalue weighted by Crippen LogP contribution is 2.20. The fraction of sp³-hybridized carbons (Fsp3) is 0.316. The number of hydrogen-bond acceptors (Lipinski definition) is 2. The number of aryl methyl sites for hydroxylation is 1. The normalized spacial score (nSPS) is 11.8. The Balaban J connectivity index is 2.10. The molecule has 0 saturated heterocycles. The molecule has 3 heteroatoms. The smallest absolute Gasteiger partial charge is 0.255 e. The monoisotopic (exact) mass is 297 g/mol. The van der Waals surface area contributed by atoms with E-state index in [9.17, 15) is 4.79 Å². The first-order valence-electron chi connectivity index (χ1n) is 7.77. The molecule has 3 nitrogen and oxygen atoms in total.